The first-order valence-electron chi connectivity index (χ1n) is 7.18. The number of nitrogens with one attached hydrogen (secondary N) is 1. The largest absolute Gasteiger partial charge is 0.444 e. The molecule has 110 valence electrons. The summed E-state index contributed by atoms with van der Waals surface area (Å²) < 4.78 is 5.40. The average Bonchev–Trinajstić information content (AvgIpc) is 2.76. The number of anilines is 1. The van der Waals surface area contributed by atoms with Gasteiger partial charge in [-0.1, -0.05) is 25.0 Å². The molecule has 4 heteroatoms. The lowest BCUT2D eigenvalue weighted by Gasteiger charge is -2.32. The lowest BCUT2D eigenvalue weighted by atomic mass is 9.88. The second kappa shape index (κ2) is 5.35. The molecule has 1 aliphatic rings. The van der Waals surface area contributed by atoms with Gasteiger partial charge in [0.2, 0.25) is 0 Å². The third-order valence-corrected chi connectivity index (χ3v) is 3.66. The highest BCUT2D eigenvalue weighted by molar-refractivity contribution is 5.69. The zero-order valence-electron chi connectivity index (χ0n) is 12.5. The maximum atomic E-state index is 12.1. The van der Waals surface area contributed by atoms with Crippen LogP contribution in [0.1, 0.15) is 52.0 Å². The van der Waals surface area contributed by atoms with E-state index in [-0.39, 0.29) is 11.6 Å². The Morgan fingerprint density at radius 1 is 1.20 bits per heavy atom. The van der Waals surface area contributed by atoms with Gasteiger partial charge in [0.05, 0.1) is 5.54 Å². The molecule has 0 heterocycles. The number of amides is 1. The van der Waals surface area contributed by atoms with Crippen LogP contribution >= 0.6 is 0 Å². The van der Waals surface area contributed by atoms with Gasteiger partial charge in [0, 0.05) is 5.69 Å². The molecule has 0 spiro atoms. The number of hydrogen-bond donors (Lipinski definition) is 2. The van der Waals surface area contributed by atoms with Crippen LogP contribution in [-0.4, -0.2) is 11.7 Å². The molecule has 3 N–H and O–H groups in total. The third kappa shape index (κ3) is 3.44. The topological polar surface area (TPSA) is 64.3 Å². The van der Waals surface area contributed by atoms with Crippen LogP contribution in [0.3, 0.4) is 0 Å². The van der Waals surface area contributed by atoms with Crippen molar-refractivity contribution in [2.45, 2.75) is 57.6 Å². The number of hydrogen-bond acceptors (Lipinski definition) is 3. The van der Waals surface area contributed by atoms with E-state index in [1.165, 1.54) is 0 Å². The fourth-order valence-corrected chi connectivity index (χ4v) is 2.77. The van der Waals surface area contributed by atoms with Crippen molar-refractivity contribution in [3.05, 3.63) is 29.8 Å². The lowest BCUT2D eigenvalue weighted by molar-refractivity contribution is 0.0453. The van der Waals surface area contributed by atoms with Crippen molar-refractivity contribution in [1.82, 2.24) is 5.32 Å². The number of ether oxygens (including phenoxy) is 1. The van der Waals surface area contributed by atoms with Crippen molar-refractivity contribution in [3.8, 4) is 0 Å². The van der Waals surface area contributed by atoms with Gasteiger partial charge in [-0.25, -0.2) is 4.79 Å². The Labute approximate surface area is 120 Å². The van der Waals surface area contributed by atoms with E-state index in [1.807, 2.05) is 45.0 Å². The lowest BCUT2D eigenvalue weighted by Crippen LogP contribution is -2.46. The molecule has 1 aromatic rings. The van der Waals surface area contributed by atoms with Crippen molar-refractivity contribution in [2.24, 2.45) is 0 Å². The molecule has 1 amide bonds. The molecule has 0 bridgehead atoms. The van der Waals surface area contributed by atoms with Gasteiger partial charge in [0.15, 0.2) is 0 Å². The van der Waals surface area contributed by atoms with Gasteiger partial charge >= 0.3 is 6.09 Å². The van der Waals surface area contributed by atoms with Crippen molar-refractivity contribution < 1.29 is 9.53 Å². The first-order chi connectivity index (χ1) is 9.31. The van der Waals surface area contributed by atoms with Gasteiger partial charge in [0.1, 0.15) is 5.60 Å². The molecule has 0 radical (unpaired) electrons. The molecule has 0 saturated heterocycles. The third-order valence-electron chi connectivity index (χ3n) is 3.66. The predicted molar refractivity (Wildman–Crippen MR) is 80.4 cm³/mol. The van der Waals surface area contributed by atoms with Gasteiger partial charge in [-0.2, -0.15) is 0 Å². The SMILES string of the molecule is CC(C)(C)OC(=O)NC1(c2ccc(N)cc2)CCCC1. The van der Waals surface area contributed by atoms with Gasteiger partial charge in [0.25, 0.3) is 0 Å². The zero-order valence-corrected chi connectivity index (χ0v) is 12.5. The number of alkyl carbamates (subject to hydrolysis) is 1. The molecule has 2 rings (SSSR count). The van der Waals surface area contributed by atoms with Crippen LogP contribution in [-0.2, 0) is 10.3 Å². The van der Waals surface area contributed by atoms with Crippen LogP contribution in [0.25, 0.3) is 0 Å². The first kappa shape index (κ1) is 14.7. The van der Waals surface area contributed by atoms with E-state index < -0.39 is 5.60 Å². The van der Waals surface area contributed by atoms with Crippen LogP contribution in [0.2, 0.25) is 0 Å². The van der Waals surface area contributed by atoms with Crippen molar-refractivity contribution in [1.29, 1.82) is 0 Å². The average molecular weight is 276 g/mol. The summed E-state index contributed by atoms with van der Waals surface area (Å²) in [5, 5.41) is 3.08. The van der Waals surface area contributed by atoms with Crippen LogP contribution in [0, 0.1) is 0 Å². The van der Waals surface area contributed by atoms with Gasteiger partial charge in [-0.3, -0.25) is 0 Å². The van der Waals surface area contributed by atoms with Crippen LogP contribution in [0.4, 0.5) is 10.5 Å². The maximum Gasteiger partial charge on any atom is 0.408 e. The molecule has 4 nitrogen and oxygen atoms in total. The molecule has 0 aliphatic heterocycles. The Kier molecular flexibility index (Phi) is 3.93. The van der Waals surface area contributed by atoms with E-state index in [4.69, 9.17) is 10.5 Å². The number of carbonyl (C=O) groups excluding carboxylic acids is 1. The minimum atomic E-state index is -0.481. The summed E-state index contributed by atoms with van der Waals surface area (Å²) in [4.78, 5) is 12.1. The fraction of sp³-hybridized carbons (Fsp3) is 0.562. The van der Waals surface area contributed by atoms with E-state index in [2.05, 4.69) is 5.32 Å². The minimum absolute atomic E-state index is 0.309. The Bertz CT molecular complexity index is 468. The van der Waals surface area contributed by atoms with Gasteiger partial charge in [-0.15, -0.1) is 0 Å². The summed E-state index contributed by atoms with van der Waals surface area (Å²) >= 11 is 0. The van der Waals surface area contributed by atoms with E-state index in [0.717, 1.165) is 36.9 Å². The molecule has 1 saturated carbocycles. The summed E-state index contributed by atoms with van der Waals surface area (Å²) in [6, 6.07) is 7.76. The number of nitrogens with two attached hydrogens (primary N) is 1. The van der Waals surface area contributed by atoms with Crippen molar-refractivity contribution in [2.75, 3.05) is 5.73 Å². The zero-order chi connectivity index (χ0) is 14.8. The quantitative estimate of drug-likeness (QED) is 0.812. The van der Waals surface area contributed by atoms with Crippen molar-refractivity contribution in [3.63, 3.8) is 0 Å². The standard InChI is InChI=1S/C16H24N2O2/c1-15(2,3)20-14(19)18-16(10-4-5-11-16)12-6-8-13(17)9-7-12/h6-9H,4-5,10-11,17H2,1-3H3,(H,18,19). The van der Waals surface area contributed by atoms with Crippen LogP contribution in [0.5, 0.6) is 0 Å². The van der Waals surface area contributed by atoms with E-state index in [1.54, 1.807) is 0 Å². The van der Waals surface area contributed by atoms with Gasteiger partial charge < -0.3 is 15.8 Å². The Morgan fingerprint density at radius 3 is 2.25 bits per heavy atom. The minimum Gasteiger partial charge on any atom is -0.444 e. The first-order valence-corrected chi connectivity index (χ1v) is 7.18. The molecule has 1 aliphatic carbocycles. The fourth-order valence-electron chi connectivity index (χ4n) is 2.77. The molecule has 20 heavy (non-hydrogen) atoms. The second-order valence-electron chi connectivity index (χ2n) is 6.54. The summed E-state index contributed by atoms with van der Waals surface area (Å²) in [6.07, 6.45) is 3.75. The Hall–Kier alpha value is -1.71. The summed E-state index contributed by atoms with van der Waals surface area (Å²) in [6.45, 7) is 5.62. The molecular weight excluding hydrogens is 252 g/mol. The number of nitrogen functional groups attached to an aromatic ring is 1. The van der Waals surface area contributed by atoms with Crippen LogP contribution < -0.4 is 11.1 Å². The number of rotatable bonds is 2. The molecular formula is C16H24N2O2. The maximum absolute atomic E-state index is 12.1. The van der Waals surface area contributed by atoms with Gasteiger partial charge in [-0.05, 0) is 51.3 Å². The molecule has 0 atom stereocenters. The smallest absolute Gasteiger partial charge is 0.408 e. The summed E-state index contributed by atoms with van der Waals surface area (Å²) in [7, 11) is 0. The van der Waals surface area contributed by atoms with Crippen LogP contribution in [0.15, 0.2) is 24.3 Å². The Morgan fingerprint density at radius 2 is 1.75 bits per heavy atom. The highest BCUT2D eigenvalue weighted by Crippen LogP contribution is 2.39. The summed E-state index contributed by atoms with van der Waals surface area (Å²) in [5.74, 6) is 0. The highest BCUT2D eigenvalue weighted by atomic mass is 16.6. The number of carbonyl (C=O) groups is 1. The molecule has 0 unspecified atom stereocenters. The second-order valence-corrected chi connectivity index (χ2v) is 6.54. The summed E-state index contributed by atoms with van der Waals surface area (Å²) in [5.41, 5.74) is 6.79. The van der Waals surface area contributed by atoms with Crippen molar-refractivity contribution >= 4 is 11.8 Å². The van der Waals surface area contributed by atoms with E-state index in [0.29, 0.717) is 0 Å². The molecule has 1 fully saturated rings. The monoisotopic (exact) mass is 276 g/mol. The van der Waals surface area contributed by atoms with E-state index in [9.17, 15) is 4.79 Å². The molecule has 1 aromatic carbocycles. The predicted octanol–water partition coefficient (Wildman–Crippen LogP) is 3.56. The van der Waals surface area contributed by atoms with E-state index >= 15 is 0 Å². The normalized spacial score (nSPS) is 17.8. The Balaban J connectivity index is 2.18. The molecule has 0 aromatic heterocycles. The highest BCUT2D eigenvalue weighted by Gasteiger charge is 2.38. The number of benzene rings is 1.